The molecule has 0 aliphatic carbocycles. The number of para-hydroxylation sites is 1. The SMILES string of the molecule is Cc1nc2ccccc2c(C)c1CC(=O)N1CC[C@@H](C(=O)O)C1. The molecule has 0 spiro atoms. The molecule has 5 heteroatoms. The van der Waals surface area contributed by atoms with Gasteiger partial charge in [0.2, 0.25) is 5.91 Å². The molecule has 0 unspecified atom stereocenters. The van der Waals surface area contributed by atoms with Gasteiger partial charge in [0.1, 0.15) is 0 Å². The summed E-state index contributed by atoms with van der Waals surface area (Å²) < 4.78 is 0. The van der Waals surface area contributed by atoms with E-state index in [9.17, 15) is 9.59 Å². The molecular formula is C18H20N2O3. The maximum Gasteiger partial charge on any atom is 0.308 e. The van der Waals surface area contributed by atoms with E-state index in [0.29, 0.717) is 19.5 Å². The summed E-state index contributed by atoms with van der Waals surface area (Å²) in [5.74, 6) is -1.27. The smallest absolute Gasteiger partial charge is 0.308 e. The number of nitrogens with zero attached hydrogens (tertiary/aromatic N) is 2. The van der Waals surface area contributed by atoms with Crippen molar-refractivity contribution < 1.29 is 14.7 Å². The molecule has 120 valence electrons. The van der Waals surface area contributed by atoms with Crippen LogP contribution in [0.25, 0.3) is 10.9 Å². The molecule has 1 saturated heterocycles. The highest BCUT2D eigenvalue weighted by Crippen LogP contribution is 2.24. The number of hydrogen-bond donors (Lipinski definition) is 1. The molecule has 1 fully saturated rings. The van der Waals surface area contributed by atoms with Crippen molar-refractivity contribution in [1.29, 1.82) is 0 Å². The van der Waals surface area contributed by atoms with Crippen molar-refractivity contribution in [2.24, 2.45) is 5.92 Å². The molecule has 0 saturated carbocycles. The highest BCUT2D eigenvalue weighted by Gasteiger charge is 2.31. The quantitative estimate of drug-likeness (QED) is 0.944. The van der Waals surface area contributed by atoms with Gasteiger partial charge in [0.25, 0.3) is 0 Å². The van der Waals surface area contributed by atoms with Crippen molar-refractivity contribution in [2.45, 2.75) is 26.7 Å². The van der Waals surface area contributed by atoms with Crippen molar-refractivity contribution in [3.8, 4) is 0 Å². The van der Waals surface area contributed by atoms with Crippen molar-refractivity contribution in [3.63, 3.8) is 0 Å². The van der Waals surface area contributed by atoms with Crippen LogP contribution in [-0.4, -0.2) is 40.0 Å². The summed E-state index contributed by atoms with van der Waals surface area (Å²) in [5, 5.41) is 10.1. The third-order valence-corrected chi connectivity index (χ3v) is 4.70. The van der Waals surface area contributed by atoms with Crippen molar-refractivity contribution >= 4 is 22.8 Å². The average Bonchev–Trinajstić information content (AvgIpc) is 3.01. The maximum atomic E-state index is 12.5. The molecule has 1 aromatic heterocycles. The number of likely N-dealkylation sites (tertiary alicyclic amines) is 1. The highest BCUT2D eigenvalue weighted by molar-refractivity contribution is 5.87. The zero-order valence-corrected chi connectivity index (χ0v) is 13.4. The number of amides is 1. The van der Waals surface area contributed by atoms with Gasteiger partial charge in [0, 0.05) is 24.2 Å². The Labute approximate surface area is 134 Å². The number of rotatable bonds is 3. The molecular weight excluding hydrogens is 292 g/mol. The van der Waals surface area contributed by atoms with Gasteiger partial charge in [-0.15, -0.1) is 0 Å². The number of carbonyl (C=O) groups is 2. The summed E-state index contributed by atoms with van der Waals surface area (Å²) in [6.45, 7) is 4.78. The summed E-state index contributed by atoms with van der Waals surface area (Å²) in [4.78, 5) is 29.8. The van der Waals surface area contributed by atoms with Gasteiger partial charge in [0.05, 0.1) is 17.9 Å². The molecule has 0 bridgehead atoms. The summed E-state index contributed by atoms with van der Waals surface area (Å²) in [6.07, 6.45) is 0.816. The fraction of sp³-hybridized carbons (Fsp3) is 0.389. The Kier molecular flexibility index (Phi) is 4.03. The number of carboxylic acid groups (broad SMARTS) is 1. The molecule has 2 heterocycles. The fourth-order valence-electron chi connectivity index (χ4n) is 3.28. The van der Waals surface area contributed by atoms with Crippen LogP contribution in [0, 0.1) is 19.8 Å². The van der Waals surface area contributed by atoms with Gasteiger partial charge in [-0.2, -0.15) is 0 Å². The fourth-order valence-corrected chi connectivity index (χ4v) is 3.28. The maximum absolute atomic E-state index is 12.5. The summed E-state index contributed by atoms with van der Waals surface area (Å²) in [5.41, 5.74) is 3.83. The second-order valence-corrected chi connectivity index (χ2v) is 6.16. The first kappa shape index (κ1) is 15.5. The average molecular weight is 312 g/mol. The number of carboxylic acids is 1. The minimum absolute atomic E-state index is 0.0166. The van der Waals surface area contributed by atoms with Crippen LogP contribution in [0.1, 0.15) is 23.2 Å². The lowest BCUT2D eigenvalue weighted by Crippen LogP contribution is -2.31. The molecule has 1 aliphatic rings. The number of carbonyl (C=O) groups excluding carboxylic acids is 1. The summed E-state index contributed by atoms with van der Waals surface area (Å²) in [7, 11) is 0. The van der Waals surface area contributed by atoms with Crippen LogP contribution in [0.2, 0.25) is 0 Å². The van der Waals surface area contributed by atoms with Crippen molar-refractivity contribution in [2.75, 3.05) is 13.1 Å². The lowest BCUT2D eigenvalue weighted by atomic mass is 9.99. The van der Waals surface area contributed by atoms with Crippen LogP contribution in [0.5, 0.6) is 0 Å². The van der Waals surface area contributed by atoms with E-state index in [1.807, 2.05) is 38.1 Å². The largest absolute Gasteiger partial charge is 0.481 e. The Morgan fingerprint density at radius 2 is 2.04 bits per heavy atom. The predicted molar refractivity (Wildman–Crippen MR) is 87.2 cm³/mol. The molecule has 1 aliphatic heterocycles. The van der Waals surface area contributed by atoms with E-state index in [2.05, 4.69) is 4.98 Å². The monoisotopic (exact) mass is 312 g/mol. The van der Waals surface area contributed by atoms with Crippen LogP contribution < -0.4 is 0 Å². The second-order valence-electron chi connectivity index (χ2n) is 6.16. The van der Waals surface area contributed by atoms with Crippen LogP contribution in [0.3, 0.4) is 0 Å². The van der Waals surface area contributed by atoms with Crippen LogP contribution >= 0.6 is 0 Å². The first-order valence-corrected chi connectivity index (χ1v) is 7.82. The number of aliphatic carboxylic acids is 1. The molecule has 1 aromatic carbocycles. The Balaban J connectivity index is 1.84. The van der Waals surface area contributed by atoms with E-state index < -0.39 is 11.9 Å². The molecule has 5 nitrogen and oxygen atoms in total. The summed E-state index contributed by atoms with van der Waals surface area (Å²) >= 11 is 0. The van der Waals surface area contributed by atoms with Gasteiger partial charge in [-0.25, -0.2) is 0 Å². The minimum Gasteiger partial charge on any atom is -0.481 e. The third-order valence-electron chi connectivity index (χ3n) is 4.70. The lowest BCUT2D eigenvalue weighted by Gasteiger charge is -2.18. The van der Waals surface area contributed by atoms with Gasteiger partial charge in [-0.3, -0.25) is 14.6 Å². The van der Waals surface area contributed by atoms with Crippen LogP contribution in [-0.2, 0) is 16.0 Å². The zero-order valence-electron chi connectivity index (χ0n) is 13.4. The van der Waals surface area contributed by atoms with Crippen LogP contribution in [0.4, 0.5) is 0 Å². The van der Waals surface area contributed by atoms with Gasteiger partial charge < -0.3 is 10.0 Å². The van der Waals surface area contributed by atoms with E-state index in [0.717, 1.165) is 27.7 Å². The Morgan fingerprint density at radius 1 is 1.30 bits per heavy atom. The number of aromatic nitrogens is 1. The number of fused-ring (bicyclic) bond motifs is 1. The molecule has 0 radical (unpaired) electrons. The molecule has 3 rings (SSSR count). The number of benzene rings is 1. The molecule has 1 amide bonds. The van der Waals surface area contributed by atoms with Crippen molar-refractivity contribution in [1.82, 2.24) is 9.88 Å². The van der Waals surface area contributed by atoms with Gasteiger partial charge in [-0.05, 0) is 37.5 Å². The second kappa shape index (κ2) is 5.99. The molecule has 1 atom stereocenters. The minimum atomic E-state index is -0.819. The van der Waals surface area contributed by atoms with E-state index in [1.54, 1.807) is 4.90 Å². The zero-order chi connectivity index (χ0) is 16.6. The number of aryl methyl sites for hydroxylation is 2. The van der Waals surface area contributed by atoms with E-state index in [4.69, 9.17) is 5.11 Å². The lowest BCUT2D eigenvalue weighted by molar-refractivity contribution is -0.141. The van der Waals surface area contributed by atoms with Crippen molar-refractivity contribution in [3.05, 3.63) is 41.1 Å². The van der Waals surface area contributed by atoms with Gasteiger partial charge in [0.15, 0.2) is 0 Å². The van der Waals surface area contributed by atoms with Gasteiger partial charge in [-0.1, -0.05) is 18.2 Å². The Hall–Kier alpha value is -2.43. The standard InChI is InChI=1S/C18H20N2O3/c1-11-14-5-3-4-6-16(14)19-12(2)15(11)9-17(21)20-8-7-13(10-20)18(22)23/h3-6,13H,7-10H2,1-2H3,(H,22,23)/t13-/m1/s1. The molecule has 2 aromatic rings. The first-order chi connectivity index (χ1) is 11.0. The normalized spacial score (nSPS) is 17.7. The Bertz CT molecular complexity index is 785. The Morgan fingerprint density at radius 3 is 2.74 bits per heavy atom. The van der Waals surface area contributed by atoms with Gasteiger partial charge >= 0.3 is 5.97 Å². The highest BCUT2D eigenvalue weighted by atomic mass is 16.4. The summed E-state index contributed by atoms with van der Waals surface area (Å²) in [6, 6.07) is 7.91. The van der Waals surface area contributed by atoms with E-state index in [-0.39, 0.29) is 12.3 Å². The van der Waals surface area contributed by atoms with E-state index in [1.165, 1.54) is 0 Å². The van der Waals surface area contributed by atoms with E-state index >= 15 is 0 Å². The molecule has 23 heavy (non-hydrogen) atoms. The number of hydrogen-bond acceptors (Lipinski definition) is 3. The predicted octanol–water partition coefficient (Wildman–Crippen LogP) is 2.33. The molecule has 1 N–H and O–H groups in total. The topological polar surface area (TPSA) is 70.5 Å². The van der Waals surface area contributed by atoms with Crippen LogP contribution in [0.15, 0.2) is 24.3 Å². The third kappa shape index (κ3) is 2.91. The first-order valence-electron chi connectivity index (χ1n) is 7.82. The number of pyridine rings is 1.